The van der Waals surface area contributed by atoms with Gasteiger partial charge in [0.1, 0.15) is 5.82 Å². The molecule has 7 nitrogen and oxygen atoms in total. The highest BCUT2D eigenvalue weighted by Crippen LogP contribution is 2.36. The number of likely N-dealkylation sites (tertiary alicyclic amines) is 1. The molecule has 2 aromatic carbocycles. The molecule has 36 heavy (non-hydrogen) atoms. The number of halogens is 1. The lowest BCUT2D eigenvalue weighted by atomic mass is 9.94. The maximum Gasteiger partial charge on any atom is 0.253 e. The third kappa shape index (κ3) is 5.05. The first-order valence-corrected chi connectivity index (χ1v) is 12.7. The van der Waals surface area contributed by atoms with Gasteiger partial charge < -0.3 is 19.3 Å². The quantitative estimate of drug-likeness (QED) is 0.600. The van der Waals surface area contributed by atoms with E-state index in [1.807, 2.05) is 23.1 Å². The Balaban J connectivity index is 1.51. The van der Waals surface area contributed by atoms with Crippen molar-refractivity contribution in [3.63, 3.8) is 0 Å². The van der Waals surface area contributed by atoms with Gasteiger partial charge in [0.2, 0.25) is 5.91 Å². The van der Waals surface area contributed by atoms with Gasteiger partial charge in [0.25, 0.3) is 5.91 Å². The molecule has 2 heterocycles. The first-order valence-electron chi connectivity index (χ1n) is 12.7. The molecule has 1 N–H and O–H groups in total. The number of amides is 2. The van der Waals surface area contributed by atoms with E-state index in [4.69, 9.17) is 9.47 Å². The molecule has 2 atom stereocenters. The van der Waals surface area contributed by atoms with E-state index in [1.54, 1.807) is 31.3 Å². The van der Waals surface area contributed by atoms with Crippen LogP contribution in [0.15, 0.2) is 42.5 Å². The molecule has 2 aliphatic rings. The zero-order chi connectivity index (χ0) is 25.9. The lowest BCUT2D eigenvalue weighted by molar-refractivity contribution is -0.133. The summed E-state index contributed by atoms with van der Waals surface area (Å²) < 4.78 is 24.4. The van der Waals surface area contributed by atoms with Gasteiger partial charge in [-0.2, -0.15) is 0 Å². The van der Waals surface area contributed by atoms with Crippen LogP contribution in [0.25, 0.3) is 0 Å². The van der Waals surface area contributed by atoms with Crippen molar-refractivity contribution in [1.82, 2.24) is 15.1 Å². The van der Waals surface area contributed by atoms with Crippen LogP contribution in [0.1, 0.15) is 49.0 Å². The van der Waals surface area contributed by atoms with Gasteiger partial charge in [0.15, 0.2) is 11.5 Å². The Kier molecular flexibility index (Phi) is 7.83. The monoisotopic (exact) mass is 497 g/mol. The Hall–Kier alpha value is -3.13. The average Bonchev–Trinajstić information content (AvgIpc) is 3.17. The molecule has 2 aliphatic heterocycles. The molecule has 2 saturated heterocycles. The van der Waals surface area contributed by atoms with Crippen molar-refractivity contribution >= 4 is 11.8 Å². The summed E-state index contributed by atoms with van der Waals surface area (Å²) in [5.41, 5.74) is 0.908. The van der Waals surface area contributed by atoms with Gasteiger partial charge in [-0.1, -0.05) is 32.4 Å². The third-order valence-electron chi connectivity index (χ3n) is 7.71. The fraction of sp³-hybridized carbons (Fsp3) is 0.500. The highest BCUT2D eigenvalue weighted by molar-refractivity contribution is 5.94. The summed E-state index contributed by atoms with van der Waals surface area (Å²) in [5.74, 6) is 1.06. The number of ether oxygens (including phenoxy) is 2. The van der Waals surface area contributed by atoms with Gasteiger partial charge >= 0.3 is 0 Å². The van der Waals surface area contributed by atoms with Crippen molar-refractivity contribution in [3.8, 4) is 11.5 Å². The molecule has 4 rings (SSSR count). The number of hydrogen-bond donors (Lipinski definition) is 1. The Labute approximate surface area is 212 Å². The van der Waals surface area contributed by atoms with Gasteiger partial charge in [0, 0.05) is 38.0 Å². The minimum absolute atomic E-state index is 0.120. The summed E-state index contributed by atoms with van der Waals surface area (Å²) in [7, 11) is 3.22. The van der Waals surface area contributed by atoms with Crippen molar-refractivity contribution in [1.29, 1.82) is 0 Å². The lowest BCUT2D eigenvalue weighted by Crippen LogP contribution is -2.60. The summed E-state index contributed by atoms with van der Waals surface area (Å²) in [6, 6.07) is 11.4. The lowest BCUT2D eigenvalue weighted by Gasteiger charge is -2.45. The number of carbonyl (C=O) groups is 2. The van der Waals surface area contributed by atoms with E-state index >= 15 is 0 Å². The standard InChI is InChI=1S/C28H36FN3O4/c1-5-19(2)25-27(34)32(14-11-20-9-10-23(35-3)24(17-20)36-4)28(30-25)12-15-31(16-13-28)26(33)21-7-6-8-22(29)18-21/h6-10,17-19,25,30H,5,11-16H2,1-4H3/t19-,25-/m1/s1. The number of nitrogens with one attached hydrogen (secondary N) is 1. The molecule has 2 aromatic rings. The summed E-state index contributed by atoms with van der Waals surface area (Å²) in [6.07, 6.45) is 2.82. The number of piperidine rings is 1. The van der Waals surface area contributed by atoms with Crippen LogP contribution >= 0.6 is 0 Å². The molecular weight excluding hydrogens is 461 g/mol. The molecule has 8 heteroatoms. The third-order valence-corrected chi connectivity index (χ3v) is 7.71. The Morgan fingerprint density at radius 1 is 1.14 bits per heavy atom. The largest absolute Gasteiger partial charge is 0.493 e. The molecule has 1 spiro atoms. The van der Waals surface area contributed by atoms with Crippen molar-refractivity contribution in [2.75, 3.05) is 33.9 Å². The number of methoxy groups -OCH3 is 2. The van der Waals surface area contributed by atoms with Gasteiger partial charge in [-0.3, -0.25) is 14.9 Å². The number of benzene rings is 2. The van der Waals surface area contributed by atoms with Gasteiger partial charge in [-0.05, 0) is 48.2 Å². The van der Waals surface area contributed by atoms with Crippen molar-refractivity contribution in [2.45, 2.75) is 51.2 Å². The van der Waals surface area contributed by atoms with Crippen molar-refractivity contribution < 1.29 is 23.5 Å². The zero-order valence-corrected chi connectivity index (χ0v) is 21.6. The topological polar surface area (TPSA) is 71.1 Å². The Bertz CT molecular complexity index is 1100. The number of nitrogens with zero attached hydrogens (tertiary/aromatic N) is 2. The van der Waals surface area contributed by atoms with E-state index in [-0.39, 0.29) is 23.8 Å². The predicted octanol–water partition coefficient (Wildman–Crippen LogP) is 3.86. The van der Waals surface area contributed by atoms with E-state index < -0.39 is 11.5 Å². The van der Waals surface area contributed by atoms with E-state index in [9.17, 15) is 14.0 Å². The SMILES string of the molecule is CC[C@@H](C)[C@H]1NC2(CCN(C(=O)c3cccc(F)c3)CC2)N(CCc2ccc(OC)c(OC)c2)C1=O. The molecule has 0 radical (unpaired) electrons. The number of carbonyl (C=O) groups excluding carboxylic acids is 2. The van der Waals surface area contributed by atoms with Crippen LogP contribution in [0.4, 0.5) is 4.39 Å². The second kappa shape index (κ2) is 10.9. The van der Waals surface area contributed by atoms with Crippen LogP contribution in [0.3, 0.4) is 0 Å². The molecule has 0 bridgehead atoms. The molecular formula is C28H36FN3O4. The van der Waals surface area contributed by atoms with Gasteiger partial charge in [-0.15, -0.1) is 0 Å². The van der Waals surface area contributed by atoms with Crippen LogP contribution in [-0.2, 0) is 11.2 Å². The highest BCUT2D eigenvalue weighted by atomic mass is 19.1. The summed E-state index contributed by atoms with van der Waals surface area (Å²) in [6.45, 7) is 5.75. The maximum atomic E-state index is 13.7. The number of rotatable bonds is 8. The summed E-state index contributed by atoms with van der Waals surface area (Å²) in [4.78, 5) is 30.3. The highest BCUT2D eigenvalue weighted by Gasteiger charge is 2.52. The van der Waals surface area contributed by atoms with E-state index in [2.05, 4.69) is 19.2 Å². The molecule has 0 aliphatic carbocycles. The van der Waals surface area contributed by atoms with Crippen LogP contribution < -0.4 is 14.8 Å². The van der Waals surface area contributed by atoms with Crippen LogP contribution in [0, 0.1) is 11.7 Å². The Morgan fingerprint density at radius 2 is 1.86 bits per heavy atom. The van der Waals surface area contributed by atoms with Crippen LogP contribution in [0.5, 0.6) is 11.5 Å². The fourth-order valence-electron chi connectivity index (χ4n) is 5.33. The minimum atomic E-state index is -0.500. The zero-order valence-electron chi connectivity index (χ0n) is 21.6. The van der Waals surface area contributed by atoms with Gasteiger partial charge in [0.05, 0.1) is 25.9 Å². The summed E-state index contributed by atoms with van der Waals surface area (Å²) >= 11 is 0. The second-order valence-electron chi connectivity index (χ2n) is 9.77. The molecule has 194 valence electrons. The van der Waals surface area contributed by atoms with Crippen molar-refractivity contribution in [3.05, 3.63) is 59.4 Å². The predicted molar refractivity (Wildman–Crippen MR) is 136 cm³/mol. The second-order valence-corrected chi connectivity index (χ2v) is 9.77. The molecule has 2 amide bonds. The Morgan fingerprint density at radius 3 is 2.50 bits per heavy atom. The summed E-state index contributed by atoms with van der Waals surface area (Å²) in [5, 5.41) is 3.68. The molecule has 0 unspecified atom stereocenters. The molecule has 0 aromatic heterocycles. The fourth-order valence-corrected chi connectivity index (χ4v) is 5.33. The molecule has 0 saturated carbocycles. The first-order chi connectivity index (χ1) is 17.3. The van der Waals surface area contributed by atoms with Crippen LogP contribution in [0.2, 0.25) is 0 Å². The molecule has 2 fully saturated rings. The van der Waals surface area contributed by atoms with Crippen molar-refractivity contribution in [2.24, 2.45) is 5.92 Å². The maximum absolute atomic E-state index is 13.7. The van der Waals surface area contributed by atoms with E-state index in [0.29, 0.717) is 56.0 Å². The van der Waals surface area contributed by atoms with E-state index in [0.717, 1.165) is 12.0 Å². The number of hydrogen-bond acceptors (Lipinski definition) is 5. The average molecular weight is 498 g/mol. The van der Waals surface area contributed by atoms with Crippen LogP contribution in [-0.4, -0.2) is 67.2 Å². The van der Waals surface area contributed by atoms with Gasteiger partial charge in [-0.25, -0.2) is 4.39 Å². The smallest absolute Gasteiger partial charge is 0.253 e. The minimum Gasteiger partial charge on any atom is -0.493 e. The normalized spacial score (nSPS) is 20.0. The first kappa shape index (κ1) is 25.9. The van der Waals surface area contributed by atoms with E-state index in [1.165, 1.54) is 12.1 Å².